The van der Waals surface area contributed by atoms with E-state index in [0.29, 0.717) is 32.4 Å². The molecule has 1 fully saturated rings. The van der Waals surface area contributed by atoms with Gasteiger partial charge in [-0.15, -0.1) is 0 Å². The van der Waals surface area contributed by atoms with E-state index in [1.807, 2.05) is 48.5 Å². The lowest BCUT2D eigenvalue weighted by molar-refractivity contribution is -0.140. The normalized spacial score (nSPS) is 16.5. The number of benzene rings is 3. The minimum absolute atomic E-state index is 0.0187. The number of rotatable bonds is 14. The molecule has 0 radical (unpaired) electrons. The highest BCUT2D eigenvalue weighted by Crippen LogP contribution is 2.44. The van der Waals surface area contributed by atoms with Crippen LogP contribution in [0.1, 0.15) is 88.0 Å². The molecule has 1 heterocycles. The van der Waals surface area contributed by atoms with Crippen LogP contribution in [0.25, 0.3) is 11.1 Å². The zero-order valence-electron chi connectivity index (χ0n) is 30.3. The van der Waals surface area contributed by atoms with Gasteiger partial charge in [-0.05, 0) is 80.3 Å². The van der Waals surface area contributed by atoms with Crippen LogP contribution < -0.4 is 21.4 Å². The van der Waals surface area contributed by atoms with Crippen molar-refractivity contribution in [3.63, 3.8) is 0 Å². The van der Waals surface area contributed by atoms with Crippen LogP contribution in [-0.2, 0) is 36.8 Å². The summed E-state index contributed by atoms with van der Waals surface area (Å²) >= 11 is 0. The number of amides is 5. The molecule has 0 saturated carbocycles. The maximum atomic E-state index is 12.8. The Morgan fingerprint density at radius 1 is 0.788 bits per heavy atom. The van der Waals surface area contributed by atoms with Crippen molar-refractivity contribution in [3.8, 4) is 11.1 Å². The van der Waals surface area contributed by atoms with Crippen molar-refractivity contribution in [1.29, 1.82) is 0 Å². The quantitative estimate of drug-likeness (QED) is 0.161. The molecule has 2 atom stereocenters. The molecule has 5 rings (SSSR count). The summed E-state index contributed by atoms with van der Waals surface area (Å²) in [5, 5.41) is 9.58. The molecule has 4 N–H and O–H groups in total. The maximum absolute atomic E-state index is 12.8. The van der Waals surface area contributed by atoms with Gasteiger partial charge >= 0.3 is 12.2 Å². The average Bonchev–Trinajstić information content (AvgIpc) is 3.56. The van der Waals surface area contributed by atoms with E-state index in [9.17, 15) is 24.0 Å². The molecule has 0 spiro atoms. The molecule has 3 aromatic rings. The summed E-state index contributed by atoms with van der Waals surface area (Å²) < 4.78 is 10.8. The molecular weight excluding hydrogens is 662 g/mol. The summed E-state index contributed by atoms with van der Waals surface area (Å²) in [5.74, 6) is -0.794. The second-order valence-corrected chi connectivity index (χ2v) is 14.4. The van der Waals surface area contributed by atoms with Gasteiger partial charge in [0.1, 0.15) is 18.2 Å². The molecular formula is C40H49N5O7. The maximum Gasteiger partial charge on any atom is 0.408 e. The predicted octanol–water partition coefficient (Wildman–Crippen LogP) is 5.49. The zero-order chi connectivity index (χ0) is 37.3. The van der Waals surface area contributed by atoms with Crippen molar-refractivity contribution < 1.29 is 33.4 Å². The van der Waals surface area contributed by atoms with Crippen molar-refractivity contribution in [2.75, 3.05) is 13.2 Å². The molecule has 0 bridgehead atoms. The first-order chi connectivity index (χ1) is 24.9. The van der Waals surface area contributed by atoms with Gasteiger partial charge in [0.15, 0.2) is 0 Å². The van der Waals surface area contributed by atoms with E-state index in [2.05, 4.69) is 45.6 Å². The van der Waals surface area contributed by atoms with Crippen molar-refractivity contribution in [2.45, 2.75) is 96.4 Å². The van der Waals surface area contributed by atoms with E-state index in [1.165, 1.54) is 27.3 Å². The Labute approximate surface area is 305 Å². The lowest BCUT2D eigenvalue weighted by Crippen LogP contribution is -2.50. The Bertz CT molecular complexity index is 1710. The lowest BCUT2D eigenvalue weighted by atomic mass is 9.98. The Kier molecular flexibility index (Phi) is 12.5. The van der Waals surface area contributed by atoms with E-state index >= 15 is 0 Å². The van der Waals surface area contributed by atoms with Gasteiger partial charge in [0.25, 0.3) is 5.91 Å². The van der Waals surface area contributed by atoms with E-state index < -0.39 is 29.7 Å². The number of hydrogen-bond donors (Lipinski definition) is 4. The highest BCUT2D eigenvalue weighted by Gasteiger charge is 2.40. The number of fused-ring (bicyclic) bond motifs is 3. The van der Waals surface area contributed by atoms with E-state index in [4.69, 9.17) is 9.47 Å². The average molecular weight is 712 g/mol. The molecule has 0 aromatic heterocycles. The summed E-state index contributed by atoms with van der Waals surface area (Å²) in [6, 6.07) is 22.7. The molecule has 12 heteroatoms. The largest absolute Gasteiger partial charge is 0.449 e. The molecule has 1 aliphatic heterocycles. The van der Waals surface area contributed by atoms with E-state index in [1.54, 1.807) is 27.7 Å². The van der Waals surface area contributed by atoms with Crippen molar-refractivity contribution in [1.82, 2.24) is 26.4 Å². The number of nitrogens with zero attached hydrogens (tertiary/aromatic N) is 1. The number of hydrazine groups is 1. The van der Waals surface area contributed by atoms with Gasteiger partial charge in [-0.25, -0.2) is 14.6 Å². The first-order valence-corrected chi connectivity index (χ1v) is 17.9. The third kappa shape index (κ3) is 10.3. The first-order valence-electron chi connectivity index (χ1n) is 17.9. The molecule has 5 amide bonds. The van der Waals surface area contributed by atoms with Gasteiger partial charge in [0, 0.05) is 25.4 Å². The van der Waals surface area contributed by atoms with Gasteiger partial charge in [0.05, 0.1) is 12.5 Å². The lowest BCUT2D eigenvalue weighted by Gasteiger charge is -2.23. The van der Waals surface area contributed by atoms with Crippen molar-refractivity contribution in [2.24, 2.45) is 0 Å². The van der Waals surface area contributed by atoms with Crippen LogP contribution in [0.4, 0.5) is 9.59 Å². The van der Waals surface area contributed by atoms with Crippen LogP contribution >= 0.6 is 0 Å². The summed E-state index contributed by atoms with van der Waals surface area (Å²) in [4.78, 5) is 62.4. The Morgan fingerprint density at radius 3 is 2.08 bits per heavy atom. The molecule has 12 nitrogen and oxygen atoms in total. The molecule has 1 aliphatic carbocycles. The third-order valence-electron chi connectivity index (χ3n) is 9.06. The minimum atomic E-state index is -0.779. The molecule has 276 valence electrons. The Morgan fingerprint density at radius 2 is 1.42 bits per heavy atom. The zero-order valence-corrected chi connectivity index (χ0v) is 30.3. The monoisotopic (exact) mass is 711 g/mol. The number of nitrogens with one attached hydrogen (secondary N) is 4. The number of carbonyl (C=O) groups is 5. The van der Waals surface area contributed by atoms with Crippen LogP contribution in [0.3, 0.4) is 0 Å². The summed E-state index contributed by atoms with van der Waals surface area (Å²) in [7, 11) is 0. The number of unbranched alkanes of at least 4 members (excludes halogenated alkanes) is 2. The summed E-state index contributed by atoms with van der Waals surface area (Å²) in [6.07, 6.45) is 1.89. The SMILES string of the molecule is CC1C[C@@H](NC(=O)OC(C)(C)C)C(=O)N1NC(=O)Cc1ccc(CNC(=O)CCCCCNC(=O)OCC2c3ccccc3-c3ccccc32)cc1. The van der Waals surface area contributed by atoms with E-state index in [0.717, 1.165) is 24.0 Å². The van der Waals surface area contributed by atoms with Gasteiger partial charge in [0.2, 0.25) is 11.8 Å². The Hall–Kier alpha value is -5.39. The molecule has 3 aromatic carbocycles. The number of alkyl carbamates (subject to hydrolysis) is 2. The summed E-state index contributed by atoms with van der Waals surface area (Å²) in [5.41, 5.74) is 8.33. The topological polar surface area (TPSA) is 155 Å². The number of hydrogen-bond acceptors (Lipinski definition) is 7. The molecule has 1 unspecified atom stereocenters. The third-order valence-corrected chi connectivity index (χ3v) is 9.06. The van der Waals surface area contributed by atoms with Crippen LogP contribution in [0, 0.1) is 0 Å². The smallest absolute Gasteiger partial charge is 0.408 e. The van der Waals surface area contributed by atoms with Crippen LogP contribution in [0.15, 0.2) is 72.8 Å². The highest BCUT2D eigenvalue weighted by molar-refractivity contribution is 5.90. The fourth-order valence-electron chi connectivity index (χ4n) is 6.52. The van der Waals surface area contributed by atoms with Gasteiger partial charge < -0.3 is 25.4 Å². The fourth-order valence-corrected chi connectivity index (χ4v) is 6.52. The van der Waals surface area contributed by atoms with Gasteiger partial charge in [-0.2, -0.15) is 0 Å². The minimum Gasteiger partial charge on any atom is -0.449 e. The van der Waals surface area contributed by atoms with Gasteiger partial charge in [-0.3, -0.25) is 19.8 Å². The molecule has 1 saturated heterocycles. The Balaban J connectivity index is 0.925. The molecule has 2 aliphatic rings. The first kappa shape index (κ1) is 37.9. The number of carbonyl (C=O) groups excluding carboxylic acids is 5. The van der Waals surface area contributed by atoms with Crippen LogP contribution in [-0.4, -0.2) is 65.8 Å². The second kappa shape index (κ2) is 17.2. The highest BCUT2D eigenvalue weighted by atomic mass is 16.6. The van der Waals surface area contributed by atoms with Crippen molar-refractivity contribution >= 4 is 29.9 Å². The van der Waals surface area contributed by atoms with Gasteiger partial charge in [-0.1, -0.05) is 79.2 Å². The van der Waals surface area contributed by atoms with E-state index in [-0.39, 0.29) is 36.8 Å². The van der Waals surface area contributed by atoms with Crippen LogP contribution in [0.5, 0.6) is 0 Å². The second-order valence-electron chi connectivity index (χ2n) is 14.4. The standard InChI is InChI=1S/C40H49N5O7/c1-26-22-34(43-39(50)52-40(2,3)4)37(48)45(26)44-36(47)23-27-17-19-28(20-18-27)24-42-35(46)16-6-5-11-21-41-38(49)51-25-33-31-14-9-7-12-29(31)30-13-8-10-15-32(30)33/h7-10,12-15,17-20,26,33-34H,5-6,11,16,21-25H2,1-4H3,(H,41,49)(H,42,46)(H,43,50)(H,44,47)/t26?,34-/m1/s1. The predicted molar refractivity (Wildman–Crippen MR) is 196 cm³/mol. The van der Waals surface area contributed by atoms with Crippen LogP contribution in [0.2, 0.25) is 0 Å². The summed E-state index contributed by atoms with van der Waals surface area (Å²) in [6.45, 7) is 8.13. The molecule has 52 heavy (non-hydrogen) atoms. The van der Waals surface area contributed by atoms with Crippen molar-refractivity contribution in [3.05, 3.63) is 95.1 Å². The fraction of sp³-hybridized carbons (Fsp3) is 0.425. The number of ether oxygens (including phenoxy) is 2.